The molecule has 0 bridgehead atoms. The fraction of sp³-hybridized carbons (Fsp3) is 0. The average Bonchev–Trinajstić information content (AvgIpc) is 3.79. The zero-order valence-corrected chi connectivity index (χ0v) is 27.4. The van der Waals surface area contributed by atoms with Crippen LogP contribution in [0.3, 0.4) is 0 Å². The third-order valence-electron chi connectivity index (χ3n) is 9.14. The van der Waals surface area contributed by atoms with Gasteiger partial charge in [0.2, 0.25) is 5.89 Å². The first-order valence-corrected chi connectivity index (χ1v) is 17.3. The summed E-state index contributed by atoms with van der Waals surface area (Å²) in [6.45, 7) is 0. The van der Waals surface area contributed by atoms with Crippen molar-refractivity contribution in [3.63, 3.8) is 0 Å². The van der Waals surface area contributed by atoms with Crippen LogP contribution in [-0.4, -0.2) is 19.9 Å². The topological polar surface area (TPSA) is 64.7 Å². The summed E-state index contributed by atoms with van der Waals surface area (Å²) >= 11 is 1.74. The van der Waals surface area contributed by atoms with Crippen molar-refractivity contribution in [1.29, 1.82) is 0 Å². The Balaban J connectivity index is 1.30. The molecule has 7 aromatic carbocycles. The molecule has 3 heterocycles. The van der Waals surface area contributed by atoms with Crippen LogP contribution >= 0.6 is 11.3 Å². The van der Waals surface area contributed by atoms with E-state index < -0.39 is 0 Å². The molecule has 0 amide bonds. The number of fused-ring (bicyclic) bond motifs is 5. The van der Waals surface area contributed by atoms with Gasteiger partial charge < -0.3 is 4.42 Å². The van der Waals surface area contributed by atoms with Crippen molar-refractivity contribution < 1.29 is 4.42 Å². The molecule has 0 fully saturated rings. The van der Waals surface area contributed by atoms with E-state index in [0.29, 0.717) is 28.9 Å². The lowest BCUT2D eigenvalue weighted by molar-refractivity contribution is 0.621. The van der Waals surface area contributed by atoms with E-state index in [9.17, 15) is 0 Å². The molecule has 0 aliphatic heterocycles. The van der Waals surface area contributed by atoms with E-state index in [1.165, 1.54) is 10.1 Å². The fourth-order valence-corrected chi connectivity index (χ4v) is 7.97. The van der Waals surface area contributed by atoms with Crippen molar-refractivity contribution in [1.82, 2.24) is 19.9 Å². The van der Waals surface area contributed by atoms with Gasteiger partial charge in [-0.2, -0.15) is 0 Å². The lowest BCUT2D eigenvalue weighted by Crippen LogP contribution is -2.01. The van der Waals surface area contributed by atoms with Crippen LogP contribution in [0.25, 0.3) is 98.8 Å². The minimum absolute atomic E-state index is 0.540. The largest absolute Gasteiger partial charge is 0.435 e. The van der Waals surface area contributed by atoms with Crippen LogP contribution in [-0.2, 0) is 0 Å². The molecule has 10 rings (SSSR count). The third kappa shape index (κ3) is 4.77. The average molecular weight is 659 g/mol. The third-order valence-corrected chi connectivity index (χ3v) is 10.3. The van der Waals surface area contributed by atoms with Crippen molar-refractivity contribution in [3.05, 3.63) is 158 Å². The summed E-state index contributed by atoms with van der Waals surface area (Å²) in [6, 6.07) is 54.0. The Morgan fingerprint density at radius 1 is 0.440 bits per heavy atom. The molecule has 3 aromatic heterocycles. The van der Waals surface area contributed by atoms with Crippen LogP contribution in [0.4, 0.5) is 0 Å². The first kappa shape index (κ1) is 28.5. The monoisotopic (exact) mass is 658 g/mol. The molecule has 6 heteroatoms. The highest BCUT2D eigenvalue weighted by molar-refractivity contribution is 7.26. The van der Waals surface area contributed by atoms with Crippen molar-refractivity contribution in [2.24, 2.45) is 0 Å². The van der Waals surface area contributed by atoms with Gasteiger partial charge in [-0.15, -0.1) is 11.3 Å². The minimum Gasteiger partial charge on any atom is -0.435 e. The van der Waals surface area contributed by atoms with E-state index in [4.69, 9.17) is 24.4 Å². The second kappa shape index (κ2) is 11.6. The van der Waals surface area contributed by atoms with E-state index in [0.717, 1.165) is 59.8 Å². The molecule has 0 aliphatic carbocycles. The normalized spacial score (nSPS) is 11.6. The summed E-state index contributed by atoms with van der Waals surface area (Å²) in [6.07, 6.45) is 0. The smallest absolute Gasteiger partial charge is 0.227 e. The zero-order valence-electron chi connectivity index (χ0n) is 26.6. The standard InChI is InChI=1S/C44H26N4OS/c1-4-14-27(15-5-1)34-25-31(24-30-20-10-11-21-32(30)34)42-46-41(28-16-6-2-7-17-28)47-43(48-42)39-38-33-22-12-13-23-36(33)50-37(38)26-35-40(39)49-44(45-35)29-18-8-3-9-19-29/h1-26H. The predicted octanol–water partition coefficient (Wildman–Crippen LogP) is 11.9. The molecule has 5 nitrogen and oxygen atoms in total. The Kier molecular flexibility index (Phi) is 6.60. The van der Waals surface area contributed by atoms with Gasteiger partial charge in [-0.3, -0.25) is 0 Å². The number of nitrogens with zero attached hydrogens (tertiary/aromatic N) is 4. The van der Waals surface area contributed by atoms with Crippen LogP contribution < -0.4 is 0 Å². The number of benzene rings is 7. The number of rotatable bonds is 5. The maximum Gasteiger partial charge on any atom is 0.227 e. The predicted molar refractivity (Wildman–Crippen MR) is 205 cm³/mol. The number of oxazole rings is 1. The van der Waals surface area contributed by atoms with E-state index in [1.54, 1.807) is 11.3 Å². The molecule has 0 aliphatic rings. The van der Waals surface area contributed by atoms with Crippen LogP contribution in [0.2, 0.25) is 0 Å². The van der Waals surface area contributed by atoms with Crippen LogP contribution in [0.5, 0.6) is 0 Å². The Morgan fingerprint density at radius 2 is 1.04 bits per heavy atom. The highest BCUT2D eigenvalue weighted by Gasteiger charge is 2.24. The molecule has 0 spiro atoms. The summed E-state index contributed by atoms with van der Waals surface area (Å²) in [5, 5.41) is 4.46. The van der Waals surface area contributed by atoms with Crippen molar-refractivity contribution in [2.45, 2.75) is 0 Å². The zero-order chi connectivity index (χ0) is 33.0. The Bertz CT molecular complexity index is 2860. The summed E-state index contributed by atoms with van der Waals surface area (Å²) in [4.78, 5) is 20.6. The van der Waals surface area contributed by atoms with Gasteiger partial charge in [-0.25, -0.2) is 19.9 Å². The summed E-state index contributed by atoms with van der Waals surface area (Å²) < 4.78 is 8.96. The van der Waals surface area contributed by atoms with Gasteiger partial charge in [0.05, 0.1) is 5.56 Å². The summed E-state index contributed by atoms with van der Waals surface area (Å²) in [7, 11) is 0. The van der Waals surface area contributed by atoms with Gasteiger partial charge in [0, 0.05) is 36.9 Å². The van der Waals surface area contributed by atoms with Gasteiger partial charge in [0.15, 0.2) is 23.1 Å². The van der Waals surface area contributed by atoms with Crippen LogP contribution in [0.15, 0.2) is 162 Å². The first-order chi connectivity index (χ1) is 24.8. The number of aromatic nitrogens is 4. The molecule has 0 radical (unpaired) electrons. The molecule has 0 saturated heterocycles. The highest BCUT2D eigenvalue weighted by Crippen LogP contribution is 2.45. The Morgan fingerprint density at radius 3 is 1.80 bits per heavy atom. The first-order valence-electron chi connectivity index (χ1n) is 16.5. The minimum atomic E-state index is 0.540. The van der Waals surface area contributed by atoms with Gasteiger partial charge >= 0.3 is 0 Å². The van der Waals surface area contributed by atoms with Crippen molar-refractivity contribution in [2.75, 3.05) is 0 Å². The van der Waals surface area contributed by atoms with E-state index in [-0.39, 0.29) is 0 Å². The number of hydrogen-bond acceptors (Lipinski definition) is 6. The fourth-order valence-electron chi connectivity index (χ4n) is 6.82. The van der Waals surface area contributed by atoms with E-state index in [1.807, 2.05) is 66.7 Å². The highest BCUT2D eigenvalue weighted by atomic mass is 32.1. The lowest BCUT2D eigenvalue weighted by Gasteiger charge is -2.13. The van der Waals surface area contributed by atoms with Crippen molar-refractivity contribution >= 4 is 53.4 Å². The van der Waals surface area contributed by atoms with Gasteiger partial charge in [0.1, 0.15) is 5.52 Å². The molecule has 0 atom stereocenters. The lowest BCUT2D eigenvalue weighted by atomic mass is 9.95. The second-order valence-corrected chi connectivity index (χ2v) is 13.3. The van der Waals surface area contributed by atoms with Gasteiger partial charge in [0.25, 0.3) is 0 Å². The Labute approximate surface area is 291 Å². The molecule has 234 valence electrons. The molecule has 50 heavy (non-hydrogen) atoms. The Hall–Kier alpha value is -6.50. The molecular formula is C44H26N4OS. The van der Waals surface area contributed by atoms with Crippen LogP contribution in [0, 0.1) is 0 Å². The van der Waals surface area contributed by atoms with Crippen molar-refractivity contribution in [3.8, 4) is 56.7 Å². The maximum absolute atomic E-state index is 6.68. The van der Waals surface area contributed by atoms with Gasteiger partial charge in [-0.1, -0.05) is 121 Å². The summed E-state index contributed by atoms with van der Waals surface area (Å²) in [5.74, 6) is 2.28. The molecule has 10 aromatic rings. The molecule has 0 unspecified atom stereocenters. The number of thiophene rings is 1. The SMILES string of the molecule is c1ccc(-c2nc(-c3cc(-c4ccccc4)c4ccccc4c3)nc(-c3c4oc(-c5ccccc5)nc4cc4sc5ccccc5c34)n2)cc1. The quantitative estimate of drug-likeness (QED) is 0.184. The second-order valence-electron chi connectivity index (χ2n) is 12.2. The molecular weight excluding hydrogens is 633 g/mol. The van der Waals surface area contributed by atoms with Crippen LogP contribution in [0.1, 0.15) is 0 Å². The summed E-state index contributed by atoms with van der Waals surface area (Å²) in [5.41, 5.74) is 7.21. The van der Waals surface area contributed by atoms with Gasteiger partial charge in [-0.05, 0) is 58.3 Å². The van der Waals surface area contributed by atoms with E-state index >= 15 is 0 Å². The maximum atomic E-state index is 6.68. The molecule has 0 saturated carbocycles. The molecule has 0 N–H and O–H groups in total. The number of hydrogen-bond donors (Lipinski definition) is 0. The van der Waals surface area contributed by atoms with E-state index in [2.05, 4.69) is 91.0 Å².